The summed E-state index contributed by atoms with van der Waals surface area (Å²) in [6.45, 7) is 3.95. The minimum atomic E-state index is 0.368. The average molecular weight is 255 g/mol. The maximum atomic E-state index is 8.92. The molecule has 2 aromatic rings. The summed E-state index contributed by atoms with van der Waals surface area (Å²) in [4.78, 5) is 0. The molecule has 19 heavy (non-hydrogen) atoms. The molecule has 100 valence electrons. The van der Waals surface area contributed by atoms with E-state index in [1.165, 1.54) is 0 Å². The third-order valence-electron chi connectivity index (χ3n) is 2.65. The van der Waals surface area contributed by atoms with Crippen molar-refractivity contribution in [2.75, 3.05) is 0 Å². The Morgan fingerprint density at radius 3 is 2.11 bits per heavy atom. The van der Waals surface area contributed by atoms with Crippen LogP contribution in [0.3, 0.4) is 0 Å². The van der Waals surface area contributed by atoms with Crippen molar-refractivity contribution in [1.29, 1.82) is 0 Å². The first-order valence-electron chi connectivity index (χ1n) is 6.40. The van der Waals surface area contributed by atoms with Gasteiger partial charge in [-0.2, -0.15) is 0 Å². The van der Waals surface area contributed by atoms with Gasteiger partial charge in [-0.1, -0.05) is 61.5 Å². The van der Waals surface area contributed by atoms with Crippen LogP contribution >= 0.6 is 0 Å². The smallest absolute Gasteiger partial charge is 0.118 e. The van der Waals surface area contributed by atoms with Crippen molar-refractivity contribution in [2.24, 2.45) is 5.73 Å². The van der Waals surface area contributed by atoms with E-state index in [1.54, 1.807) is 6.07 Å². The number of hydrogen-bond acceptors (Lipinski definition) is 2. The zero-order valence-electron chi connectivity index (χ0n) is 11.5. The first-order valence-corrected chi connectivity index (χ1v) is 6.40. The molecule has 0 saturated carbocycles. The van der Waals surface area contributed by atoms with Crippen LogP contribution in [0.25, 0.3) is 5.70 Å². The van der Waals surface area contributed by atoms with E-state index in [2.05, 4.69) is 6.92 Å². The SMILES string of the molecule is CC/C=C(\N)c1ccccc1.Cc1ccccc1O. The number of nitrogens with two attached hydrogens (primary N) is 1. The molecule has 3 N–H and O–H groups in total. The predicted octanol–water partition coefficient (Wildman–Crippen LogP) is 4.10. The van der Waals surface area contributed by atoms with Gasteiger partial charge in [-0.05, 0) is 30.5 Å². The fourth-order valence-corrected chi connectivity index (χ4v) is 1.53. The largest absolute Gasteiger partial charge is 0.508 e. The van der Waals surface area contributed by atoms with Crippen LogP contribution in [0.1, 0.15) is 24.5 Å². The Hall–Kier alpha value is -2.22. The molecule has 2 rings (SSSR count). The molecule has 0 saturated heterocycles. The molecule has 2 heteroatoms. The second kappa shape index (κ2) is 7.98. The summed E-state index contributed by atoms with van der Waals surface area (Å²) in [6, 6.07) is 17.3. The number of para-hydroxylation sites is 1. The van der Waals surface area contributed by atoms with E-state index in [0.29, 0.717) is 5.75 Å². The Bertz CT molecular complexity index is 497. The van der Waals surface area contributed by atoms with Crippen LogP contribution in [0, 0.1) is 6.92 Å². The van der Waals surface area contributed by atoms with Crippen molar-refractivity contribution in [3.8, 4) is 5.75 Å². The van der Waals surface area contributed by atoms with Crippen LogP contribution in [-0.4, -0.2) is 5.11 Å². The summed E-state index contributed by atoms with van der Waals surface area (Å²) >= 11 is 0. The first kappa shape index (κ1) is 14.8. The Morgan fingerprint density at radius 2 is 1.63 bits per heavy atom. The van der Waals surface area contributed by atoms with E-state index in [-0.39, 0.29) is 0 Å². The van der Waals surface area contributed by atoms with Crippen molar-refractivity contribution >= 4 is 5.70 Å². The van der Waals surface area contributed by atoms with E-state index in [1.807, 2.05) is 61.5 Å². The number of phenolic OH excluding ortho intramolecular Hbond substituents is 1. The summed E-state index contributed by atoms with van der Waals surface area (Å²) in [5.41, 5.74) is 8.66. The number of hydrogen-bond donors (Lipinski definition) is 2. The summed E-state index contributed by atoms with van der Waals surface area (Å²) in [5.74, 6) is 0.368. The molecular formula is C17H21NO. The highest BCUT2D eigenvalue weighted by Gasteiger charge is 1.91. The molecule has 0 fully saturated rings. The zero-order chi connectivity index (χ0) is 14.1. The Morgan fingerprint density at radius 1 is 1.05 bits per heavy atom. The van der Waals surface area contributed by atoms with Gasteiger partial charge in [-0.3, -0.25) is 0 Å². The maximum Gasteiger partial charge on any atom is 0.118 e. The third-order valence-corrected chi connectivity index (χ3v) is 2.65. The molecule has 0 radical (unpaired) electrons. The van der Waals surface area contributed by atoms with E-state index in [4.69, 9.17) is 10.8 Å². The lowest BCUT2D eigenvalue weighted by Gasteiger charge is -1.98. The van der Waals surface area contributed by atoms with Crippen molar-refractivity contribution in [3.63, 3.8) is 0 Å². The molecule has 0 aromatic heterocycles. The number of phenols is 1. The van der Waals surface area contributed by atoms with Gasteiger partial charge in [0.15, 0.2) is 0 Å². The summed E-state index contributed by atoms with van der Waals surface area (Å²) in [7, 11) is 0. The Balaban J connectivity index is 0.000000200. The number of aromatic hydroxyl groups is 1. The van der Waals surface area contributed by atoms with Crippen LogP contribution in [0.5, 0.6) is 5.75 Å². The average Bonchev–Trinajstić information content (AvgIpc) is 2.44. The molecule has 0 heterocycles. The van der Waals surface area contributed by atoms with Gasteiger partial charge in [0.05, 0.1) is 0 Å². The fourth-order valence-electron chi connectivity index (χ4n) is 1.53. The Kier molecular flexibility index (Phi) is 6.23. The van der Waals surface area contributed by atoms with E-state index in [9.17, 15) is 0 Å². The van der Waals surface area contributed by atoms with Crippen molar-refractivity contribution in [1.82, 2.24) is 0 Å². The highest BCUT2D eigenvalue weighted by molar-refractivity contribution is 5.62. The molecule has 0 unspecified atom stereocenters. The quantitative estimate of drug-likeness (QED) is 0.848. The molecule has 2 nitrogen and oxygen atoms in total. The third kappa shape index (κ3) is 5.30. The molecule has 0 atom stereocenters. The van der Waals surface area contributed by atoms with Gasteiger partial charge in [0.1, 0.15) is 5.75 Å². The molecular weight excluding hydrogens is 234 g/mol. The molecule has 0 bridgehead atoms. The fraction of sp³-hybridized carbons (Fsp3) is 0.176. The van der Waals surface area contributed by atoms with E-state index in [0.717, 1.165) is 23.2 Å². The lowest BCUT2D eigenvalue weighted by atomic mass is 10.1. The zero-order valence-corrected chi connectivity index (χ0v) is 11.5. The lowest BCUT2D eigenvalue weighted by molar-refractivity contribution is 0.471. The lowest BCUT2D eigenvalue weighted by Crippen LogP contribution is -1.94. The topological polar surface area (TPSA) is 46.2 Å². The second-order valence-electron chi connectivity index (χ2n) is 4.22. The van der Waals surface area contributed by atoms with Gasteiger partial charge in [0.2, 0.25) is 0 Å². The minimum Gasteiger partial charge on any atom is -0.508 e. The molecule has 2 aromatic carbocycles. The van der Waals surface area contributed by atoms with Crippen LogP contribution in [0.2, 0.25) is 0 Å². The van der Waals surface area contributed by atoms with Gasteiger partial charge >= 0.3 is 0 Å². The van der Waals surface area contributed by atoms with Crippen molar-refractivity contribution < 1.29 is 5.11 Å². The molecule has 0 amide bonds. The monoisotopic (exact) mass is 255 g/mol. The van der Waals surface area contributed by atoms with Crippen molar-refractivity contribution in [3.05, 3.63) is 71.8 Å². The Labute approximate surface area is 115 Å². The molecule has 0 aliphatic heterocycles. The minimum absolute atomic E-state index is 0.368. The van der Waals surface area contributed by atoms with Gasteiger partial charge in [-0.15, -0.1) is 0 Å². The molecule has 0 aliphatic carbocycles. The number of aryl methyl sites for hydroxylation is 1. The highest BCUT2D eigenvalue weighted by atomic mass is 16.3. The van der Waals surface area contributed by atoms with Crippen molar-refractivity contribution in [2.45, 2.75) is 20.3 Å². The number of rotatable bonds is 2. The number of benzene rings is 2. The van der Waals surface area contributed by atoms with Crippen LogP contribution < -0.4 is 5.73 Å². The van der Waals surface area contributed by atoms with Crippen LogP contribution in [0.4, 0.5) is 0 Å². The molecule has 0 spiro atoms. The predicted molar refractivity (Wildman–Crippen MR) is 81.7 cm³/mol. The normalized spacial score (nSPS) is 10.5. The standard InChI is InChI=1S/C10H13N.C7H8O/c1-2-6-10(11)9-7-4-3-5-8-9;1-6-4-2-3-5-7(6)8/h3-8H,2,11H2,1H3;2-5,8H,1H3/b10-6-;. The summed E-state index contributed by atoms with van der Waals surface area (Å²) < 4.78 is 0. The first-order chi connectivity index (χ1) is 9.15. The van der Waals surface area contributed by atoms with Gasteiger partial charge in [-0.25, -0.2) is 0 Å². The van der Waals surface area contributed by atoms with E-state index < -0.39 is 0 Å². The van der Waals surface area contributed by atoms with Crippen LogP contribution in [-0.2, 0) is 0 Å². The molecule has 0 aliphatic rings. The van der Waals surface area contributed by atoms with Crippen LogP contribution in [0.15, 0.2) is 60.7 Å². The number of allylic oxidation sites excluding steroid dienone is 1. The summed E-state index contributed by atoms with van der Waals surface area (Å²) in [6.07, 6.45) is 3.01. The van der Waals surface area contributed by atoms with E-state index >= 15 is 0 Å². The van der Waals surface area contributed by atoms with Gasteiger partial charge < -0.3 is 10.8 Å². The second-order valence-corrected chi connectivity index (χ2v) is 4.22. The van der Waals surface area contributed by atoms with Gasteiger partial charge in [0.25, 0.3) is 0 Å². The van der Waals surface area contributed by atoms with Gasteiger partial charge in [0, 0.05) is 5.70 Å². The highest BCUT2D eigenvalue weighted by Crippen LogP contribution is 2.12. The summed E-state index contributed by atoms with van der Waals surface area (Å²) in [5, 5.41) is 8.92. The maximum absolute atomic E-state index is 8.92.